The molecule has 14 heteroatoms. The number of carbonyl (C=O) groups is 5. The molecule has 1 unspecified atom stereocenters. The first-order chi connectivity index (χ1) is 22.2. The van der Waals surface area contributed by atoms with Crippen molar-refractivity contribution in [1.29, 1.82) is 0 Å². The van der Waals surface area contributed by atoms with Crippen LogP contribution in [0.1, 0.15) is 71.3 Å². The van der Waals surface area contributed by atoms with Gasteiger partial charge in [-0.15, -0.1) is 22.7 Å². The third-order valence-electron chi connectivity index (χ3n) is 7.76. The van der Waals surface area contributed by atoms with Crippen LogP contribution in [0.15, 0.2) is 59.3 Å². The zero-order chi connectivity index (χ0) is 32.5. The van der Waals surface area contributed by atoms with Gasteiger partial charge in [0, 0.05) is 30.0 Å². The molecule has 4 amide bonds. The third-order valence-corrected chi connectivity index (χ3v) is 9.41. The van der Waals surface area contributed by atoms with Crippen LogP contribution in [-0.4, -0.2) is 63.5 Å². The fraction of sp³-hybridized carbons (Fsp3) is 0.281. The molecule has 2 aromatic heterocycles. The molecular formula is C32H29N5O7S2. The summed E-state index contributed by atoms with van der Waals surface area (Å²) >= 11 is 2.08. The first-order valence-corrected chi connectivity index (χ1v) is 16.3. The first-order valence-electron chi connectivity index (χ1n) is 14.5. The van der Waals surface area contributed by atoms with Crippen molar-refractivity contribution in [3.63, 3.8) is 0 Å². The number of urea groups is 1. The summed E-state index contributed by atoms with van der Waals surface area (Å²) in [6.45, 7) is 5.57. The van der Waals surface area contributed by atoms with Crippen LogP contribution in [0, 0.1) is 0 Å². The molecule has 6 rings (SSSR count). The van der Waals surface area contributed by atoms with Gasteiger partial charge in [-0.3, -0.25) is 19.2 Å². The van der Waals surface area contributed by atoms with E-state index in [1.165, 1.54) is 17.2 Å². The number of Topliss-reactive ketones (excluding diaryl/α,β-unsaturated/α-hetero) is 2. The zero-order valence-electron chi connectivity index (χ0n) is 25.1. The van der Waals surface area contributed by atoms with Crippen molar-refractivity contribution < 1.29 is 33.4 Å². The zero-order valence-corrected chi connectivity index (χ0v) is 26.7. The van der Waals surface area contributed by atoms with E-state index in [0.29, 0.717) is 35.8 Å². The summed E-state index contributed by atoms with van der Waals surface area (Å²) in [6, 6.07) is 10.8. The Morgan fingerprint density at radius 3 is 2.28 bits per heavy atom. The molecular weight excluding hydrogens is 631 g/mol. The average molecular weight is 660 g/mol. The number of benzene rings is 2. The molecule has 0 radical (unpaired) electrons. The number of carbonyl (C=O) groups excluding carboxylic acids is 5. The van der Waals surface area contributed by atoms with Crippen LogP contribution in [0.5, 0.6) is 11.5 Å². The summed E-state index contributed by atoms with van der Waals surface area (Å²) in [5.41, 5.74) is 1.48. The molecule has 236 valence electrons. The summed E-state index contributed by atoms with van der Waals surface area (Å²) in [4.78, 5) is 78.4. The van der Waals surface area contributed by atoms with Crippen molar-refractivity contribution in [3.8, 4) is 11.5 Å². The van der Waals surface area contributed by atoms with Gasteiger partial charge in [-0.05, 0) is 23.3 Å². The van der Waals surface area contributed by atoms with E-state index < -0.39 is 35.8 Å². The minimum Gasteiger partial charge on any atom is -0.486 e. The molecule has 46 heavy (non-hydrogen) atoms. The van der Waals surface area contributed by atoms with Crippen molar-refractivity contribution >= 4 is 62.3 Å². The van der Waals surface area contributed by atoms with E-state index in [-0.39, 0.29) is 39.6 Å². The summed E-state index contributed by atoms with van der Waals surface area (Å²) < 4.78 is 11.3. The Bertz CT molecular complexity index is 1840. The van der Waals surface area contributed by atoms with Gasteiger partial charge in [-0.1, -0.05) is 50.2 Å². The Kier molecular flexibility index (Phi) is 8.65. The van der Waals surface area contributed by atoms with Crippen LogP contribution >= 0.6 is 22.7 Å². The minimum absolute atomic E-state index is 0.112. The van der Waals surface area contributed by atoms with Crippen molar-refractivity contribution in [1.82, 2.24) is 20.2 Å². The molecule has 2 aromatic carbocycles. The fourth-order valence-electron chi connectivity index (χ4n) is 5.32. The molecule has 0 aliphatic carbocycles. The van der Waals surface area contributed by atoms with Crippen molar-refractivity contribution in [3.05, 3.63) is 81.8 Å². The number of ether oxygens (including phenoxy) is 2. The monoisotopic (exact) mass is 659 g/mol. The number of fused-ring (bicyclic) bond motifs is 1. The van der Waals surface area contributed by atoms with Crippen molar-refractivity contribution in [2.45, 2.75) is 45.2 Å². The highest BCUT2D eigenvalue weighted by Gasteiger charge is 2.49. The second-order valence-electron chi connectivity index (χ2n) is 10.7. The predicted octanol–water partition coefficient (Wildman–Crippen LogP) is 5.30. The standard InChI is InChI=1S/C32H29N5O7S2/c1-4-23(39)22-16-46-32(34-22)37(31-33-21(15-45-31)18(3)38)29(41)27(17(2)19-8-6-5-7-9-19)36-28(40)26(35-30(36)42)20-10-11-24-25(14-20)44-13-12-43-24/h5-11,14-17,26-27H,4,12-13H2,1-3H3,(H,35,42)/t17-,26?,27-/m0/s1. The molecule has 1 saturated heterocycles. The largest absolute Gasteiger partial charge is 0.486 e. The molecule has 0 spiro atoms. The van der Waals surface area contributed by atoms with Crippen LogP contribution in [0.25, 0.3) is 0 Å². The molecule has 12 nitrogen and oxygen atoms in total. The van der Waals surface area contributed by atoms with Gasteiger partial charge in [0.2, 0.25) is 0 Å². The van der Waals surface area contributed by atoms with E-state index in [4.69, 9.17) is 9.47 Å². The smallest absolute Gasteiger partial charge is 0.325 e. The second kappa shape index (κ2) is 12.8. The second-order valence-corrected chi connectivity index (χ2v) is 12.3. The molecule has 2 aliphatic heterocycles. The lowest BCUT2D eigenvalue weighted by molar-refractivity contribution is -0.135. The Balaban J connectivity index is 1.44. The van der Waals surface area contributed by atoms with Crippen molar-refractivity contribution in [2.75, 3.05) is 18.1 Å². The number of imide groups is 1. The first kappa shape index (κ1) is 31.0. The number of ketones is 2. The van der Waals surface area contributed by atoms with E-state index >= 15 is 0 Å². The van der Waals surface area contributed by atoms with Gasteiger partial charge in [0.05, 0.1) is 0 Å². The number of nitrogens with one attached hydrogen (secondary N) is 1. The van der Waals surface area contributed by atoms with E-state index in [1.807, 2.05) is 18.2 Å². The molecule has 2 aliphatic rings. The van der Waals surface area contributed by atoms with E-state index in [9.17, 15) is 24.0 Å². The summed E-state index contributed by atoms with van der Waals surface area (Å²) in [5.74, 6) is -1.54. The highest BCUT2D eigenvalue weighted by molar-refractivity contribution is 7.16. The van der Waals surface area contributed by atoms with Crippen LogP contribution in [0.4, 0.5) is 15.1 Å². The maximum Gasteiger partial charge on any atom is 0.325 e. The highest BCUT2D eigenvalue weighted by atomic mass is 32.1. The summed E-state index contributed by atoms with van der Waals surface area (Å²) in [7, 11) is 0. The Morgan fingerprint density at radius 1 is 0.978 bits per heavy atom. The van der Waals surface area contributed by atoms with E-state index in [1.54, 1.807) is 49.6 Å². The lowest BCUT2D eigenvalue weighted by Gasteiger charge is -2.32. The Morgan fingerprint density at radius 2 is 1.63 bits per heavy atom. The van der Waals surface area contributed by atoms with Crippen LogP contribution in [0.3, 0.4) is 0 Å². The number of hydrogen-bond donors (Lipinski definition) is 1. The quantitative estimate of drug-likeness (QED) is 0.177. The lowest BCUT2D eigenvalue weighted by Crippen LogP contribution is -2.52. The normalized spacial score (nSPS) is 16.9. The maximum atomic E-state index is 14.9. The number of amides is 4. The maximum absolute atomic E-state index is 14.9. The molecule has 1 N–H and O–H groups in total. The number of rotatable bonds is 10. The molecule has 0 saturated carbocycles. The Hall–Kier alpha value is -4.95. The van der Waals surface area contributed by atoms with Crippen LogP contribution in [0.2, 0.25) is 0 Å². The third kappa shape index (κ3) is 5.76. The van der Waals surface area contributed by atoms with Gasteiger partial charge in [0.15, 0.2) is 33.3 Å². The van der Waals surface area contributed by atoms with Gasteiger partial charge >= 0.3 is 6.03 Å². The Labute approximate surface area is 272 Å². The van der Waals surface area contributed by atoms with E-state index in [0.717, 1.165) is 27.6 Å². The van der Waals surface area contributed by atoms with Gasteiger partial charge < -0.3 is 14.8 Å². The van der Waals surface area contributed by atoms with Gasteiger partial charge in [-0.25, -0.2) is 24.6 Å². The highest BCUT2D eigenvalue weighted by Crippen LogP contribution is 2.39. The van der Waals surface area contributed by atoms with Gasteiger partial charge in [0.1, 0.15) is 36.7 Å². The van der Waals surface area contributed by atoms with Crippen LogP contribution in [-0.2, 0) is 9.59 Å². The summed E-state index contributed by atoms with van der Waals surface area (Å²) in [5, 5.41) is 6.03. The lowest BCUT2D eigenvalue weighted by atomic mass is 9.91. The molecule has 0 bridgehead atoms. The molecule has 4 aromatic rings. The van der Waals surface area contributed by atoms with Crippen molar-refractivity contribution in [2.24, 2.45) is 0 Å². The SMILES string of the molecule is CCC(=O)c1csc(N(C(=O)[C@H]([C@@H](C)c2ccccc2)N2C(=O)NC(c3ccc4c(c3)OCCO4)C2=O)c2nc(C(C)=O)cs2)n1. The fourth-order valence-corrected chi connectivity index (χ4v) is 7.08. The molecule has 1 fully saturated rings. The predicted molar refractivity (Wildman–Crippen MR) is 170 cm³/mol. The molecule has 3 atom stereocenters. The number of thiazole rings is 2. The average Bonchev–Trinajstić information content (AvgIpc) is 3.82. The van der Waals surface area contributed by atoms with Gasteiger partial charge in [0.25, 0.3) is 11.8 Å². The van der Waals surface area contributed by atoms with E-state index in [2.05, 4.69) is 15.3 Å². The summed E-state index contributed by atoms with van der Waals surface area (Å²) in [6.07, 6.45) is 0.209. The van der Waals surface area contributed by atoms with Gasteiger partial charge in [-0.2, -0.15) is 0 Å². The number of anilines is 2. The topological polar surface area (TPSA) is 148 Å². The molecule has 4 heterocycles. The number of hydrogen-bond acceptors (Lipinski definition) is 11. The minimum atomic E-state index is -1.36. The van der Waals surface area contributed by atoms with Crippen LogP contribution < -0.4 is 19.7 Å². The number of nitrogens with zero attached hydrogens (tertiary/aromatic N) is 4. The number of aromatic nitrogens is 2.